The van der Waals surface area contributed by atoms with Gasteiger partial charge in [0, 0.05) is 45.2 Å². The molecule has 2 aromatic rings. The third-order valence-corrected chi connectivity index (χ3v) is 7.19. The molecule has 196 valence electrons. The fraction of sp³-hybridized carbons (Fsp3) is 0.500. The Hall–Kier alpha value is -2.65. The van der Waals surface area contributed by atoms with E-state index in [1.165, 1.54) is 12.1 Å². The van der Waals surface area contributed by atoms with Crippen molar-refractivity contribution in [1.82, 2.24) is 9.80 Å². The van der Waals surface area contributed by atoms with Crippen LogP contribution in [0, 0.1) is 0 Å². The van der Waals surface area contributed by atoms with E-state index in [1.807, 2.05) is 19.1 Å². The number of likely N-dealkylation sites (tertiary alicyclic amines) is 1. The van der Waals surface area contributed by atoms with Crippen molar-refractivity contribution < 1.29 is 22.7 Å². The van der Waals surface area contributed by atoms with E-state index >= 15 is 0 Å². The van der Waals surface area contributed by atoms with Gasteiger partial charge in [-0.3, -0.25) is 4.90 Å². The molecule has 0 spiro atoms. The van der Waals surface area contributed by atoms with Crippen molar-refractivity contribution in [3.05, 3.63) is 53.1 Å². The Labute approximate surface area is 214 Å². The maximum Gasteiger partial charge on any atom is 0.416 e. The molecule has 2 saturated heterocycles. The Balaban J connectivity index is 1.40. The number of nitrogens with one attached hydrogen (secondary N) is 1. The summed E-state index contributed by atoms with van der Waals surface area (Å²) in [5, 5.41) is 3.46. The fourth-order valence-electron chi connectivity index (χ4n) is 4.75. The van der Waals surface area contributed by atoms with E-state index in [2.05, 4.69) is 29.0 Å². The van der Waals surface area contributed by atoms with Gasteiger partial charge in [0.2, 0.25) is 0 Å². The van der Waals surface area contributed by atoms with E-state index in [1.54, 1.807) is 11.0 Å². The molecule has 10 heteroatoms. The van der Waals surface area contributed by atoms with Gasteiger partial charge in [-0.05, 0) is 57.2 Å². The van der Waals surface area contributed by atoms with Crippen LogP contribution in [0.2, 0.25) is 5.02 Å². The summed E-state index contributed by atoms with van der Waals surface area (Å²) >= 11 is 6.51. The second-order valence-electron chi connectivity index (χ2n) is 9.93. The SMILES string of the molecule is CC(C)N1CCN(c2cccc(Cl)c2NC(=O)N2CC[C@](C)(Oc3ccc(C(F)(F)F)cc3)C2)CC1. The van der Waals surface area contributed by atoms with Crippen LogP contribution in [-0.2, 0) is 6.18 Å². The van der Waals surface area contributed by atoms with Crippen LogP contribution in [0.4, 0.5) is 29.3 Å². The minimum absolute atomic E-state index is 0.287. The molecule has 2 amide bonds. The molecule has 1 N–H and O–H groups in total. The molecule has 2 fully saturated rings. The molecule has 6 nitrogen and oxygen atoms in total. The third-order valence-electron chi connectivity index (χ3n) is 6.88. The number of piperazine rings is 1. The summed E-state index contributed by atoms with van der Waals surface area (Å²) in [6.07, 6.45) is -3.85. The van der Waals surface area contributed by atoms with Crippen LogP contribution in [0.5, 0.6) is 5.75 Å². The number of hydrogen-bond acceptors (Lipinski definition) is 4. The third kappa shape index (κ3) is 6.00. The van der Waals surface area contributed by atoms with Crippen LogP contribution < -0.4 is 15.0 Å². The normalized spacial score (nSPS) is 21.2. The van der Waals surface area contributed by atoms with E-state index in [0.717, 1.165) is 44.0 Å². The van der Waals surface area contributed by atoms with Crippen molar-refractivity contribution >= 4 is 29.0 Å². The lowest BCUT2D eigenvalue weighted by molar-refractivity contribution is -0.137. The summed E-state index contributed by atoms with van der Waals surface area (Å²) in [4.78, 5) is 19.5. The van der Waals surface area contributed by atoms with Crippen molar-refractivity contribution in [2.75, 3.05) is 49.5 Å². The van der Waals surface area contributed by atoms with Gasteiger partial charge >= 0.3 is 12.2 Å². The summed E-state index contributed by atoms with van der Waals surface area (Å²) in [7, 11) is 0. The molecule has 0 bridgehead atoms. The van der Waals surface area contributed by atoms with E-state index in [9.17, 15) is 18.0 Å². The summed E-state index contributed by atoms with van der Waals surface area (Å²) in [5.41, 5.74) is 0.0309. The van der Waals surface area contributed by atoms with Crippen molar-refractivity contribution in [3.8, 4) is 5.75 Å². The molecule has 36 heavy (non-hydrogen) atoms. The van der Waals surface area contributed by atoms with Gasteiger partial charge in [0.1, 0.15) is 11.4 Å². The largest absolute Gasteiger partial charge is 0.486 e. The highest BCUT2D eigenvalue weighted by Crippen LogP contribution is 2.36. The zero-order valence-corrected chi connectivity index (χ0v) is 21.5. The van der Waals surface area contributed by atoms with E-state index in [4.69, 9.17) is 16.3 Å². The predicted molar refractivity (Wildman–Crippen MR) is 136 cm³/mol. The topological polar surface area (TPSA) is 48.0 Å². The molecule has 0 aliphatic carbocycles. The molecule has 1 atom stereocenters. The maximum atomic E-state index is 13.2. The summed E-state index contributed by atoms with van der Waals surface area (Å²) in [6, 6.07) is 10.4. The van der Waals surface area contributed by atoms with Gasteiger partial charge in [0.15, 0.2) is 0 Å². The first-order chi connectivity index (χ1) is 16.9. The number of para-hydroxylation sites is 1. The average Bonchev–Trinajstić information content (AvgIpc) is 3.22. The molecule has 0 aromatic heterocycles. The first-order valence-corrected chi connectivity index (χ1v) is 12.5. The Morgan fingerprint density at radius 2 is 1.72 bits per heavy atom. The van der Waals surface area contributed by atoms with Crippen LogP contribution in [0.3, 0.4) is 0 Å². The number of carbonyl (C=O) groups excluding carboxylic acids is 1. The number of ether oxygens (including phenoxy) is 1. The highest BCUT2D eigenvalue weighted by molar-refractivity contribution is 6.34. The Morgan fingerprint density at radius 3 is 2.33 bits per heavy atom. The second kappa shape index (κ2) is 10.4. The predicted octanol–water partition coefficient (Wildman–Crippen LogP) is 5.96. The maximum absolute atomic E-state index is 13.2. The smallest absolute Gasteiger partial charge is 0.416 e. The molecule has 2 heterocycles. The van der Waals surface area contributed by atoms with Crippen LogP contribution in [0.15, 0.2) is 42.5 Å². The van der Waals surface area contributed by atoms with Gasteiger partial charge in [-0.25, -0.2) is 4.79 Å². The van der Waals surface area contributed by atoms with Gasteiger partial charge < -0.3 is 19.9 Å². The lowest BCUT2D eigenvalue weighted by atomic mass is 10.1. The van der Waals surface area contributed by atoms with Crippen LogP contribution in [-0.4, -0.2) is 66.7 Å². The number of halogens is 4. The molecule has 2 aliphatic rings. The number of benzene rings is 2. The van der Waals surface area contributed by atoms with Gasteiger partial charge in [-0.15, -0.1) is 0 Å². The minimum atomic E-state index is -4.40. The molecular weight excluding hydrogens is 493 g/mol. The first kappa shape index (κ1) is 26.4. The number of carbonyl (C=O) groups is 1. The zero-order valence-electron chi connectivity index (χ0n) is 20.7. The molecule has 4 rings (SSSR count). The molecule has 0 saturated carbocycles. The summed E-state index contributed by atoms with van der Waals surface area (Å²) in [6.45, 7) is 10.5. The Morgan fingerprint density at radius 1 is 1.06 bits per heavy atom. The van der Waals surface area contributed by atoms with Crippen LogP contribution in [0.1, 0.15) is 32.8 Å². The highest BCUT2D eigenvalue weighted by atomic mass is 35.5. The second-order valence-corrected chi connectivity index (χ2v) is 10.3. The van der Waals surface area contributed by atoms with Gasteiger partial charge in [-0.2, -0.15) is 13.2 Å². The summed E-state index contributed by atoms with van der Waals surface area (Å²) < 4.78 is 44.5. The van der Waals surface area contributed by atoms with Crippen molar-refractivity contribution in [3.63, 3.8) is 0 Å². The lowest BCUT2D eigenvalue weighted by Crippen LogP contribution is -2.49. The lowest BCUT2D eigenvalue weighted by Gasteiger charge is -2.39. The van der Waals surface area contributed by atoms with Crippen LogP contribution >= 0.6 is 11.6 Å². The highest BCUT2D eigenvalue weighted by Gasteiger charge is 2.39. The molecule has 0 unspecified atom stereocenters. The molecular formula is C26H32ClF3N4O2. The first-order valence-electron chi connectivity index (χ1n) is 12.1. The Kier molecular flexibility index (Phi) is 7.61. The number of rotatable bonds is 5. The minimum Gasteiger partial charge on any atom is -0.486 e. The Bertz CT molecular complexity index is 1070. The number of anilines is 2. The molecule has 2 aliphatic heterocycles. The van der Waals surface area contributed by atoms with Gasteiger partial charge in [-0.1, -0.05) is 17.7 Å². The van der Waals surface area contributed by atoms with Crippen molar-refractivity contribution in [2.45, 2.75) is 45.0 Å². The quantitative estimate of drug-likeness (QED) is 0.524. The fourth-order valence-corrected chi connectivity index (χ4v) is 4.97. The van der Waals surface area contributed by atoms with E-state index < -0.39 is 17.3 Å². The van der Waals surface area contributed by atoms with Crippen molar-refractivity contribution in [1.29, 1.82) is 0 Å². The zero-order chi connectivity index (χ0) is 26.1. The number of alkyl halides is 3. The van der Waals surface area contributed by atoms with Gasteiger partial charge in [0.25, 0.3) is 0 Å². The average molecular weight is 525 g/mol. The van der Waals surface area contributed by atoms with Crippen LogP contribution in [0.25, 0.3) is 0 Å². The number of amides is 2. The van der Waals surface area contributed by atoms with Gasteiger partial charge in [0.05, 0.1) is 28.5 Å². The number of nitrogens with zero attached hydrogens (tertiary/aromatic N) is 3. The van der Waals surface area contributed by atoms with E-state index in [0.29, 0.717) is 42.0 Å². The van der Waals surface area contributed by atoms with E-state index in [-0.39, 0.29) is 6.03 Å². The summed E-state index contributed by atoms with van der Waals surface area (Å²) in [5.74, 6) is 0.335. The standard InChI is InChI=1S/C26H32ClF3N4O2/c1-18(2)32-13-15-33(16-14-32)22-6-4-5-21(27)23(22)31-24(35)34-12-11-25(3,17-34)36-20-9-7-19(8-10-20)26(28,29)30/h4-10,18H,11-17H2,1-3H3,(H,31,35)/t25-/m0/s1. The van der Waals surface area contributed by atoms with Crippen molar-refractivity contribution in [2.24, 2.45) is 0 Å². The molecule has 0 radical (unpaired) electrons. The number of urea groups is 1. The number of hydrogen-bond donors (Lipinski definition) is 1. The molecule has 2 aromatic carbocycles. The monoisotopic (exact) mass is 524 g/mol.